The van der Waals surface area contributed by atoms with Gasteiger partial charge in [0.1, 0.15) is 11.3 Å². The van der Waals surface area contributed by atoms with Crippen molar-refractivity contribution in [3.05, 3.63) is 45.1 Å². The number of aromatic nitrogens is 3. The molecule has 194 valence electrons. The fraction of sp³-hybridized carbons (Fsp3) is 0.520. The molecule has 36 heavy (non-hydrogen) atoms. The van der Waals surface area contributed by atoms with E-state index < -0.39 is 11.2 Å². The number of fused-ring (bicyclic) bond motifs is 1. The molecule has 0 saturated carbocycles. The summed E-state index contributed by atoms with van der Waals surface area (Å²) in [5, 5.41) is 0. The molecule has 2 aromatic heterocycles. The molecule has 4 rings (SSSR count). The number of nitrogens with two attached hydrogens (primary N) is 1. The first-order valence-corrected chi connectivity index (χ1v) is 12.3. The fourth-order valence-corrected chi connectivity index (χ4v) is 4.62. The number of ether oxygens (including phenoxy) is 1. The lowest BCUT2D eigenvalue weighted by Gasteiger charge is -2.33. The molecular weight excluding hydrogens is 464 g/mol. The van der Waals surface area contributed by atoms with E-state index in [1.165, 1.54) is 9.47 Å². The van der Waals surface area contributed by atoms with Crippen LogP contribution in [0, 0.1) is 11.8 Å². The van der Waals surface area contributed by atoms with Crippen LogP contribution in [0.1, 0.15) is 33.1 Å². The average Bonchev–Trinajstić information content (AvgIpc) is 3.29. The lowest BCUT2D eigenvalue weighted by atomic mass is 9.95. The van der Waals surface area contributed by atoms with Crippen LogP contribution in [-0.4, -0.2) is 53.8 Å². The molecule has 1 aliphatic heterocycles. The third-order valence-corrected chi connectivity index (χ3v) is 6.43. The number of hydrogen-bond acceptors (Lipinski definition) is 8. The van der Waals surface area contributed by atoms with Crippen LogP contribution in [0.4, 0.5) is 17.5 Å². The monoisotopic (exact) mass is 498 g/mol. The van der Waals surface area contributed by atoms with Gasteiger partial charge in [-0.1, -0.05) is 26.0 Å². The highest BCUT2D eigenvalue weighted by atomic mass is 16.5. The Bertz CT molecular complexity index is 1290. The van der Waals surface area contributed by atoms with E-state index in [1.807, 2.05) is 43.0 Å². The highest BCUT2D eigenvalue weighted by molar-refractivity contribution is 5.97. The lowest BCUT2D eigenvalue weighted by molar-refractivity contribution is -0.123. The van der Waals surface area contributed by atoms with Crippen molar-refractivity contribution in [2.24, 2.45) is 11.8 Å². The van der Waals surface area contributed by atoms with Crippen LogP contribution in [0.5, 0.6) is 0 Å². The van der Waals surface area contributed by atoms with Crippen LogP contribution in [0.2, 0.25) is 0 Å². The van der Waals surface area contributed by atoms with E-state index in [-0.39, 0.29) is 35.8 Å². The molecule has 0 aliphatic carbocycles. The maximum Gasteiger partial charge on any atom is 0.330 e. The topological polar surface area (TPSA) is 140 Å². The Hall–Kier alpha value is -3.60. The molecule has 0 bridgehead atoms. The number of rotatable bonds is 9. The minimum absolute atomic E-state index is 0.00660. The van der Waals surface area contributed by atoms with Crippen molar-refractivity contribution >= 4 is 34.5 Å². The quantitative estimate of drug-likeness (QED) is 0.428. The summed E-state index contributed by atoms with van der Waals surface area (Å²) >= 11 is 0. The molecule has 1 aliphatic rings. The SMILES string of the molecule is COCCCN(C(=O)C1CCN(c2nc3ccccc3o2)CC1)c1c(N)n(CC(C)C)c(=O)[nH]c1=O. The molecule has 3 N–H and O–H groups in total. The number of nitrogens with zero attached hydrogens (tertiary/aromatic N) is 4. The van der Waals surface area contributed by atoms with E-state index in [1.54, 1.807) is 7.11 Å². The number of anilines is 3. The van der Waals surface area contributed by atoms with Crippen molar-refractivity contribution in [2.75, 3.05) is 48.9 Å². The van der Waals surface area contributed by atoms with E-state index >= 15 is 0 Å². The maximum absolute atomic E-state index is 13.7. The molecule has 11 heteroatoms. The van der Waals surface area contributed by atoms with Gasteiger partial charge in [0.25, 0.3) is 11.6 Å². The van der Waals surface area contributed by atoms with Crippen LogP contribution < -0.4 is 26.8 Å². The van der Waals surface area contributed by atoms with Crippen LogP contribution in [-0.2, 0) is 16.1 Å². The second kappa shape index (κ2) is 11.0. The maximum atomic E-state index is 13.7. The van der Waals surface area contributed by atoms with Crippen LogP contribution in [0.15, 0.2) is 38.3 Å². The molecule has 1 fully saturated rings. The summed E-state index contributed by atoms with van der Waals surface area (Å²) < 4.78 is 12.4. The van der Waals surface area contributed by atoms with E-state index in [4.69, 9.17) is 14.9 Å². The number of benzene rings is 1. The summed E-state index contributed by atoms with van der Waals surface area (Å²) in [5.74, 6) is -0.363. The summed E-state index contributed by atoms with van der Waals surface area (Å²) in [6.07, 6.45) is 1.66. The van der Waals surface area contributed by atoms with Crippen molar-refractivity contribution in [1.82, 2.24) is 14.5 Å². The number of oxazole rings is 1. The van der Waals surface area contributed by atoms with Gasteiger partial charge in [-0.2, -0.15) is 4.98 Å². The Kier molecular flexibility index (Phi) is 7.78. The predicted molar refractivity (Wildman–Crippen MR) is 138 cm³/mol. The van der Waals surface area contributed by atoms with Crippen molar-refractivity contribution in [2.45, 2.75) is 39.7 Å². The van der Waals surface area contributed by atoms with Gasteiger partial charge >= 0.3 is 5.69 Å². The lowest BCUT2D eigenvalue weighted by Crippen LogP contribution is -2.47. The molecular formula is C25H34N6O5. The van der Waals surface area contributed by atoms with E-state index in [9.17, 15) is 14.4 Å². The van der Waals surface area contributed by atoms with Crippen LogP contribution >= 0.6 is 0 Å². The summed E-state index contributed by atoms with van der Waals surface area (Å²) in [4.78, 5) is 49.4. The molecule has 0 atom stereocenters. The second-order valence-corrected chi connectivity index (χ2v) is 9.56. The number of carbonyl (C=O) groups is 1. The number of hydrogen-bond donors (Lipinski definition) is 2. The van der Waals surface area contributed by atoms with Gasteiger partial charge in [-0.25, -0.2) is 4.79 Å². The van der Waals surface area contributed by atoms with Crippen LogP contribution in [0.25, 0.3) is 11.1 Å². The number of nitrogens with one attached hydrogen (secondary N) is 1. The third-order valence-electron chi connectivity index (χ3n) is 6.43. The van der Waals surface area contributed by atoms with Gasteiger partial charge < -0.3 is 24.7 Å². The first-order valence-electron chi connectivity index (χ1n) is 12.3. The van der Waals surface area contributed by atoms with Gasteiger partial charge in [-0.15, -0.1) is 0 Å². The van der Waals surface area contributed by atoms with Gasteiger partial charge in [0.2, 0.25) is 5.91 Å². The van der Waals surface area contributed by atoms with Crippen LogP contribution in [0.3, 0.4) is 0 Å². The number of piperidine rings is 1. The number of carbonyl (C=O) groups excluding carboxylic acids is 1. The molecule has 3 aromatic rings. The zero-order chi connectivity index (χ0) is 25.8. The first-order chi connectivity index (χ1) is 17.3. The minimum Gasteiger partial charge on any atom is -0.423 e. The molecule has 11 nitrogen and oxygen atoms in total. The van der Waals surface area contributed by atoms with E-state index in [0.29, 0.717) is 51.5 Å². The number of aromatic amines is 1. The van der Waals surface area contributed by atoms with Crippen molar-refractivity contribution in [1.29, 1.82) is 0 Å². The Labute approximate surface area is 208 Å². The smallest absolute Gasteiger partial charge is 0.330 e. The molecule has 1 aromatic carbocycles. The van der Waals surface area contributed by atoms with Crippen molar-refractivity contribution < 1.29 is 13.9 Å². The Balaban J connectivity index is 1.56. The number of methoxy groups -OCH3 is 1. The molecule has 3 heterocycles. The minimum atomic E-state index is -0.660. The highest BCUT2D eigenvalue weighted by Gasteiger charge is 2.33. The Morgan fingerprint density at radius 1 is 1.28 bits per heavy atom. The Morgan fingerprint density at radius 3 is 2.67 bits per heavy atom. The molecule has 0 radical (unpaired) electrons. The summed E-state index contributed by atoms with van der Waals surface area (Å²) in [6, 6.07) is 8.13. The fourth-order valence-electron chi connectivity index (χ4n) is 4.62. The number of H-pyrrole nitrogens is 1. The van der Waals surface area contributed by atoms with Gasteiger partial charge in [-0.3, -0.25) is 19.1 Å². The van der Waals surface area contributed by atoms with Crippen molar-refractivity contribution in [3.63, 3.8) is 0 Å². The average molecular weight is 499 g/mol. The van der Waals surface area contributed by atoms with E-state index in [2.05, 4.69) is 9.97 Å². The summed E-state index contributed by atoms with van der Waals surface area (Å²) in [5.41, 5.74) is 6.63. The van der Waals surface area contributed by atoms with Crippen molar-refractivity contribution in [3.8, 4) is 0 Å². The molecule has 1 saturated heterocycles. The zero-order valence-corrected chi connectivity index (χ0v) is 21.0. The first kappa shape index (κ1) is 25.5. The molecule has 1 amide bonds. The number of para-hydroxylation sites is 2. The highest BCUT2D eigenvalue weighted by Crippen LogP contribution is 2.29. The third kappa shape index (κ3) is 5.30. The number of nitrogen functional groups attached to an aromatic ring is 1. The number of amides is 1. The van der Waals surface area contributed by atoms with Gasteiger partial charge in [-0.05, 0) is 37.3 Å². The van der Waals surface area contributed by atoms with E-state index in [0.717, 1.165) is 11.1 Å². The standard InChI is InChI=1S/C25H34N6O5/c1-16(2)15-31-21(26)20(22(32)28-24(31)34)30(11-6-14-35-3)23(33)17-9-12-29(13-10-17)25-27-18-7-4-5-8-19(18)36-25/h4-5,7-8,16-17H,6,9-15,26H2,1-3H3,(H,28,32,34). The van der Waals surface area contributed by atoms with Gasteiger partial charge in [0.15, 0.2) is 11.3 Å². The normalized spacial score (nSPS) is 14.6. The molecule has 0 unspecified atom stereocenters. The second-order valence-electron chi connectivity index (χ2n) is 9.56. The van der Waals surface area contributed by atoms with Gasteiger partial charge in [0, 0.05) is 45.8 Å². The zero-order valence-electron chi connectivity index (χ0n) is 21.0. The summed E-state index contributed by atoms with van der Waals surface area (Å²) in [7, 11) is 1.58. The molecule has 0 spiro atoms. The largest absolute Gasteiger partial charge is 0.423 e. The summed E-state index contributed by atoms with van der Waals surface area (Å²) in [6.45, 7) is 6.08. The Morgan fingerprint density at radius 2 is 2.00 bits per heavy atom. The predicted octanol–water partition coefficient (Wildman–Crippen LogP) is 2.20. The van der Waals surface area contributed by atoms with Gasteiger partial charge in [0.05, 0.1) is 0 Å².